The summed E-state index contributed by atoms with van der Waals surface area (Å²) < 4.78 is 0. The second kappa shape index (κ2) is 5.61. The van der Waals surface area contributed by atoms with Crippen LogP contribution in [-0.2, 0) is 4.79 Å². The highest BCUT2D eigenvalue weighted by atomic mass is 32.1. The second-order valence-electron chi connectivity index (χ2n) is 5.61. The minimum atomic E-state index is 0.0562. The van der Waals surface area contributed by atoms with Crippen LogP contribution in [0.1, 0.15) is 44.9 Å². The van der Waals surface area contributed by atoms with E-state index >= 15 is 0 Å². The Bertz CT molecular complexity index is 279. The Labute approximate surface area is 109 Å². The molecule has 1 atom stereocenters. The molecule has 1 N–H and O–H groups in total. The van der Waals surface area contributed by atoms with Gasteiger partial charge in [-0.25, -0.2) is 0 Å². The maximum absolute atomic E-state index is 12.3. The Morgan fingerprint density at radius 1 is 1.35 bits per heavy atom. The van der Waals surface area contributed by atoms with E-state index in [0.29, 0.717) is 6.42 Å². The highest BCUT2D eigenvalue weighted by molar-refractivity contribution is 7.80. The molecule has 1 unspecified atom stereocenters. The van der Waals surface area contributed by atoms with Gasteiger partial charge >= 0.3 is 0 Å². The monoisotopic (exact) mass is 257 g/mol. The predicted molar refractivity (Wildman–Crippen MR) is 71.2 cm³/mol. The van der Waals surface area contributed by atoms with E-state index in [2.05, 4.69) is 12.6 Å². The summed E-state index contributed by atoms with van der Waals surface area (Å²) >= 11 is 4.35. The fourth-order valence-corrected chi connectivity index (χ4v) is 3.11. The van der Waals surface area contributed by atoms with Crippen molar-refractivity contribution >= 4 is 18.5 Å². The smallest absolute Gasteiger partial charge is 0.223 e. The van der Waals surface area contributed by atoms with Gasteiger partial charge in [-0.15, -0.1) is 0 Å². The van der Waals surface area contributed by atoms with Gasteiger partial charge in [-0.1, -0.05) is 12.8 Å². The lowest BCUT2D eigenvalue weighted by Gasteiger charge is -2.30. The van der Waals surface area contributed by atoms with Crippen LogP contribution in [0.15, 0.2) is 0 Å². The van der Waals surface area contributed by atoms with Crippen molar-refractivity contribution < 1.29 is 9.90 Å². The Hall–Kier alpha value is -0.220. The van der Waals surface area contributed by atoms with E-state index in [1.807, 2.05) is 4.90 Å². The number of nitrogens with zero attached hydrogens (tertiary/aromatic N) is 1. The zero-order valence-electron chi connectivity index (χ0n) is 10.4. The topological polar surface area (TPSA) is 40.5 Å². The molecule has 98 valence electrons. The summed E-state index contributed by atoms with van der Waals surface area (Å²) in [5.74, 6) is 1.05. The standard InChI is InChI=1S/C13H23NO2S/c15-9-11-4-2-1-3-7-14(11)12(16)8-13(10-17)5-6-13/h11,15,17H,1-10H2. The average Bonchev–Trinajstić information content (AvgIpc) is 3.11. The van der Waals surface area contributed by atoms with Gasteiger partial charge in [-0.05, 0) is 36.9 Å². The molecule has 3 nitrogen and oxygen atoms in total. The summed E-state index contributed by atoms with van der Waals surface area (Å²) in [6, 6.07) is 0.0562. The molecular formula is C13H23NO2S. The van der Waals surface area contributed by atoms with Gasteiger partial charge < -0.3 is 10.0 Å². The van der Waals surface area contributed by atoms with E-state index < -0.39 is 0 Å². The molecule has 1 aliphatic heterocycles. The highest BCUT2D eigenvalue weighted by Gasteiger charge is 2.44. The Morgan fingerprint density at radius 3 is 2.71 bits per heavy atom. The molecule has 0 bridgehead atoms. The van der Waals surface area contributed by atoms with Gasteiger partial charge in [0.15, 0.2) is 0 Å². The van der Waals surface area contributed by atoms with E-state index in [0.717, 1.165) is 44.4 Å². The number of thiol groups is 1. The lowest BCUT2D eigenvalue weighted by Crippen LogP contribution is -2.43. The number of likely N-dealkylation sites (tertiary alicyclic amines) is 1. The molecule has 1 heterocycles. The van der Waals surface area contributed by atoms with Gasteiger partial charge in [0.1, 0.15) is 0 Å². The summed E-state index contributed by atoms with van der Waals surface area (Å²) in [5, 5.41) is 9.40. The third-order valence-electron chi connectivity index (χ3n) is 4.23. The number of amides is 1. The third kappa shape index (κ3) is 3.16. The Balaban J connectivity index is 1.95. The van der Waals surface area contributed by atoms with E-state index in [4.69, 9.17) is 0 Å². The first-order valence-corrected chi connectivity index (χ1v) is 7.35. The highest BCUT2D eigenvalue weighted by Crippen LogP contribution is 2.50. The second-order valence-corrected chi connectivity index (χ2v) is 5.92. The number of aliphatic hydroxyl groups excluding tert-OH is 1. The zero-order valence-corrected chi connectivity index (χ0v) is 11.3. The minimum absolute atomic E-state index is 0.0562. The van der Waals surface area contributed by atoms with E-state index in [1.165, 1.54) is 6.42 Å². The molecule has 2 aliphatic rings. The molecule has 2 rings (SSSR count). The summed E-state index contributed by atoms with van der Waals surface area (Å²) in [6.45, 7) is 0.937. The van der Waals surface area contributed by atoms with Crippen LogP contribution in [0.3, 0.4) is 0 Å². The third-order valence-corrected chi connectivity index (χ3v) is 4.90. The molecule has 0 aromatic rings. The van der Waals surface area contributed by atoms with Gasteiger partial charge in [0, 0.05) is 13.0 Å². The molecule has 0 spiro atoms. The van der Waals surface area contributed by atoms with Gasteiger partial charge in [-0.3, -0.25) is 4.79 Å². The minimum Gasteiger partial charge on any atom is -0.394 e. The molecule has 1 saturated carbocycles. The van der Waals surface area contributed by atoms with Crippen LogP contribution in [0.5, 0.6) is 0 Å². The predicted octanol–water partition coefficient (Wildman–Crippen LogP) is 1.85. The van der Waals surface area contributed by atoms with Crippen molar-refractivity contribution in [2.24, 2.45) is 5.41 Å². The van der Waals surface area contributed by atoms with Crippen molar-refractivity contribution in [3.63, 3.8) is 0 Å². The molecule has 0 radical (unpaired) electrons. The summed E-state index contributed by atoms with van der Waals surface area (Å²) in [5.41, 5.74) is 0.187. The van der Waals surface area contributed by atoms with Gasteiger partial charge in [0.25, 0.3) is 0 Å². The van der Waals surface area contributed by atoms with Crippen molar-refractivity contribution in [1.29, 1.82) is 0 Å². The molecule has 0 aromatic heterocycles. The number of carbonyl (C=O) groups is 1. The fraction of sp³-hybridized carbons (Fsp3) is 0.923. The number of hydrogen-bond donors (Lipinski definition) is 2. The molecular weight excluding hydrogens is 234 g/mol. The molecule has 4 heteroatoms. The van der Waals surface area contributed by atoms with Crippen LogP contribution >= 0.6 is 12.6 Å². The Morgan fingerprint density at radius 2 is 2.12 bits per heavy atom. The Kier molecular flexibility index (Phi) is 4.36. The van der Waals surface area contributed by atoms with Crippen molar-refractivity contribution in [1.82, 2.24) is 4.90 Å². The lowest BCUT2D eigenvalue weighted by molar-refractivity contribution is -0.135. The maximum atomic E-state index is 12.3. The number of aliphatic hydroxyl groups is 1. The first-order valence-electron chi connectivity index (χ1n) is 6.72. The molecule has 1 saturated heterocycles. The van der Waals surface area contributed by atoms with Crippen molar-refractivity contribution in [2.75, 3.05) is 18.9 Å². The number of carbonyl (C=O) groups excluding carboxylic acids is 1. The fourth-order valence-electron chi connectivity index (χ4n) is 2.69. The van der Waals surface area contributed by atoms with Gasteiger partial charge in [-0.2, -0.15) is 12.6 Å². The molecule has 1 amide bonds. The number of rotatable bonds is 4. The van der Waals surface area contributed by atoms with Crippen LogP contribution in [0.25, 0.3) is 0 Å². The molecule has 1 aliphatic carbocycles. The number of hydrogen-bond acceptors (Lipinski definition) is 3. The van der Waals surface area contributed by atoms with Crippen LogP contribution in [-0.4, -0.2) is 40.9 Å². The van der Waals surface area contributed by atoms with Gasteiger partial charge in [0.2, 0.25) is 5.91 Å². The average molecular weight is 257 g/mol. The van der Waals surface area contributed by atoms with E-state index in [-0.39, 0.29) is 24.0 Å². The summed E-state index contributed by atoms with van der Waals surface area (Å²) in [7, 11) is 0. The molecule has 2 fully saturated rings. The first-order chi connectivity index (χ1) is 8.21. The zero-order chi connectivity index (χ0) is 12.3. The quantitative estimate of drug-likeness (QED) is 0.755. The van der Waals surface area contributed by atoms with Crippen molar-refractivity contribution in [3.05, 3.63) is 0 Å². The molecule has 17 heavy (non-hydrogen) atoms. The van der Waals surface area contributed by atoms with E-state index in [9.17, 15) is 9.90 Å². The van der Waals surface area contributed by atoms with Crippen molar-refractivity contribution in [2.45, 2.75) is 51.0 Å². The van der Waals surface area contributed by atoms with Crippen LogP contribution in [0, 0.1) is 5.41 Å². The maximum Gasteiger partial charge on any atom is 0.223 e. The normalized spacial score (nSPS) is 27.6. The van der Waals surface area contributed by atoms with Crippen LogP contribution < -0.4 is 0 Å². The van der Waals surface area contributed by atoms with Crippen LogP contribution in [0.4, 0.5) is 0 Å². The summed E-state index contributed by atoms with van der Waals surface area (Å²) in [6.07, 6.45) is 7.25. The molecule has 0 aromatic carbocycles. The van der Waals surface area contributed by atoms with Gasteiger partial charge in [0.05, 0.1) is 12.6 Å². The van der Waals surface area contributed by atoms with E-state index in [1.54, 1.807) is 0 Å². The SMILES string of the molecule is O=C(CC1(CS)CC1)N1CCCCCC1CO. The van der Waals surface area contributed by atoms with Crippen molar-refractivity contribution in [3.8, 4) is 0 Å². The largest absolute Gasteiger partial charge is 0.394 e. The van der Waals surface area contributed by atoms with Crippen LogP contribution in [0.2, 0.25) is 0 Å². The first kappa shape index (κ1) is 13.2. The lowest BCUT2D eigenvalue weighted by atomic mass is 10.0. The summed E-state index contributed by atoms with van der Waals surface area (Å²) in [4.78, 5) is 14.2.